The van der Waals surface area contributed by atoms with Crippen LogP contribution in [-0.4, -0.2) is 46.1 Å². The molecular formula is C9H17N5O2. The minimum atomic E-state index is -0.414. The molecule has 0 aliphatic heterocycles. The van der Waals surface area contributed by atoms with Crippen molar-refractivity contribution >= 4 is 5.82 Å². The maximum atomic E-state index is 10.7. The van der Waals surface area contributed by atoms with Crippen LogP contribution in [0.3, 0.4) is 0 Å². The van der Waals surface area contributed by atoms with Crippen molar-refractivity contribution in [1.82, 2.24) is 14.5 Å². The third-order valence-corrected chi connectivity index (χ3v) is 2.44. The molecule has 0 spiro atoms. The van der Waals surface area contributed by atoms with Gasteiger partial charge in [0.05, 0.1) is 0 Å². The molecule has 2 N–H and O–H groups in total. The van der Waals surface area contributed by atoms with Crippen LogP contribution in [0.1, 0.15) is 5.82 Å². The first-order valence-corrected chi connectivity index (χ1v) is 5.11. The summed E-state index contributed by atoms with van der Waals surface area (Å²) in [6, 6.07) is 0. The summed E-state index contributed by atoms with van der Waals surface area (Å²) in [7, 11) is 1.94. The van der Waals surface area contributed by atoms with Crippen molar-refractivity contribution in [2.45, 2.75) is 13.5 Å². The van der Waals surface area contributed by atoms with E-state index < -0.39 is 4.92 Å². The van der Waals surface area contributed by atoms with E-state index in [1.54, 1.807) is 11.5 Å². The Morgan fingerprint density at radius 2 is 2.31 bits per heavy atom. The van der Waals surface area contributed by atoms with Gasteiger partial charge >= 0.3 is 5.82 Å². The van der Waals surface area contributed by atoms with Crippen molar-refractivity contribution in [2.24, 2.45) is 5.73 Å². The molecule has 0 aromatic carbocycles. The molecule has 0 saturated carbocycles. The van der Waals surface area contributed by atoms with Crippen molar-refractivity contribution < 1.29 is 4.92 Å². The molecule has 0 atom stereocenters. The molecule has 1 aromatic rings. The number of nitrogens with zero attached hydrogens (tertiary/aromatic N) is 4. The fourth-order valence-corrected chi connectivity index (χ4v) is 1.48. The highest BCUT2D eigenvalue weighted by atomic mass is 16.6. The molecule has 7 heteroatoms. The van der Waals surface area contributed by atoms with Gasteiger partial charge in [0, 0.05) is 26.6 Å². The minimum absolute atomic E-state index is 0.0404. The van der Waals surface area contributed by atoms with Gasteiger partial charge in [-0.05, 0) is 12.0 Å². The van der Waals surface area contributed by atoms with Gasteiger partial charge in [0.1, 0.15) is 12.7 Å². The van der Waals surface area contributed by atoms with Gasteiger partial charge in [-0.1, -0.05) is 0 Å². The summed E-state index contributed by atoms with van der Waals surface area (Å²) in [4.78, 5) is 16.3. The number of aryl methyl sites for hydroxylation is 1. The quantitative estimate of drug-likeness (QED) is 0.545. The molecule has 0 radical (unpaired) electrons. The number of nitrogens with two attached hydrogens (primary N) is 1. The standard InChI is InChI=1S/C9H17N5O2/c1-8-11-7-9(14(15)16)13(8)6-5-12(2)4-3-10/h7H,3-6,10H2,1-2H3. The first-order valence-electron chi connectivity index (χ1n) is 5.11. The number of aromatic nitrogens is 2. The van der Waals surface area contributed by atoms with Crippen molar-refractivity contribution in [3.8, 4) is 0 Å². The summed E-state index contributed by atoms with van der Waals surface area (Å²) in [6.07, 6.45) is 1.29. The van der Waals surface area contributed by atoms with Gasteiger partial charge in [0.15, 0.2) is 5.82 Å². The average molecular weight is 227 g/mol. The average Bonchev–Trinajstić information content (AvgIpc) is 2.57. The number of rotatable bonds is 6. The third-order valence-electron chi connectivity index (χ3n) is 2.44. The molecule has 16 heavy (non-hydrogen) atoms. The van der Waals surface area contributed by atoms with Gasteiger partial charge in [-0.3, -0.25) is 0 Å². The molecule has 1 heterocycles. The topological polar surface area (TPSA) is 90.2 Å². The predicted octanol–water partition coefficient (Wildman–Crippen LogP) is -0.00978. The van der Waals surface area contributed by atoms with Gasteiger partial charge in [-0.15, -0.1) is 0 Å². The maximum absolute atomic E-state index is 10.7. The predicted molar refractivity (Wildman–Crippen MR) is 60.2 cm³/mol. The van der Waals surface area contributed by atoms with Crippen LogP contribution in [0.15, 0.2) is 6.20 Å². The summed E-state index contributed by atoms with van der Waals surface area (Å²) < 4.78 is 1.60. The Kier molecular flexibility index (Phi) is 4.39. The largest absolute Gasteiger partial charge is 0.358 e. The SMILES string of the molecule is Cc1ncc([N+](=O)[O-])n1CCN(C)CCN. The number of nitro groups is 1. The van der Waals surface area contributed by atoms with E-state index in [9.17, 15) is 10.1 Å². The highest BCUT2D eigenvalue weighted by Gasteiger charge is 2.17. The Bertz CT molecular complexity index is 363. The Balaban J connectivity index is 2.65. The van der Waals surface area contributed by atoms with Crippen LogP contribution >= 0.6 is 0 Å². The fourth-order valence-electron chi connectivity index (χ4n) is 1.48. The van der Waals surface area contributed by atoms with Crippen LogP contribution in [0.4, 0.5) is 5.82 Å². The summed E-state index contributed by atoms with van der Waals surface area (Å²) in [5.41, 5.74) is 5.42. The van der Waals surface area contributed by atoms with Gasteiger partial charge in [0.2, 0.25) is 0 Å². The molecule has 0 fully saturated rings. The number of imidazole rings is 1. The summed E-state index contributed by atoms with van der Waals surface area (Å²) >= 11 is 0. The van der Waals surface area contributed by atoms with Gasteiger partial charge in [0.25, 0.3) is 0 Å². The molecule has 0 aliphatic rings. The van der Waals surface area contributed by atoms with E-state index in [2.05, 4.69) is 4.98 Å². The molecule has 0 aliphatic carbocycles. The molecule has 0 bridgehead atoms. The molecule has 1 aromatic heterocycles. The molecule has 0 amide bonds. The van der Waals surface area contributed by atoms with Crippen LogP contribution in [0, 0.1) is 17.0 Å². The van der Waals surface area contributed by atoms with Crippen LogP contribution in [0.2, 0.25) is 0 Å². The van der Waals surface area contributed by atoms with E-state index in [1.165, 1.54) is 6.20 Å². The lowest BCUT2D eigenvalue weighted by molar-refractivity contribution is -0.392. The van der Waals surface area contributed by atoms with Gasteiger partial charge in [-0.2, -0.15) is 0 Å². The highest BCUT2D eigenvalue weighted by Crippen LogP contribution is 2.13. The van der Waals surface area contributed by atoms with Crippen LogP contribution in [0.25, 0.3) is 0 Å². The molecule has 7 nitrogen and oxygen atoms in total. The summed E-state index contributed by atoms with van der Waals surface area (Å²) in [5.74, 6) is 0.700. The van der Waals surface area contributed by atoms with E-state index >= 15 is 0 Å². The van der Waals surface area contributed by atoms with Crippen LogP contribution in [-0.2, 0) is 6.54 Å². The van der Waals surface area contributed by atoms with Crippen LogP contribution in [0.5, 0.6) is 0 Å². The second-order valence-electron chi connectivity index (χ2n) is 3.66. The van der Waals surface area contributed by atoms with Gasteiger partial charge < -0.3 is 20.7 Å². The number of hydrogen-bond donors (Lipinski definition) is 1. The zero-order chi connectivity index (χ0) is 12.1. The Hall–Kier alpha value is -1.47. The third kappa shape index (κ3) is 3.01. The van der Waals surface area contributed by atoms with Crippen molar-refractivity contribution in [3.05, 3.63) is 22.1 Å². The van der Waals surface area contributed by atoms with Crippen molar-refractivity contribution in [2.75, 3.05) is 26.7 Å². The second kappa shape index (κ2) is 5.57. The molecular weight excluding hydrogens is 210 g/mol. The van der Waals surface area contributed by atoms with E-state index in [0.717, 1.165) is 13.1 Å². The molecule has 1 rings (SSSR count). The molecule has 0 saturated heterocycles. The first-order chi connectivity index (χ1) is 7.56. The maximum Gasteiger partial charge on any atom is 0.342 e. The summed E-state index contributed by atoms with van der Waals surface area (Å²) in [5, 5.41) is 10.7. The van der Waals surface area contributed by atoms with Crippen molar-refractivity contribution in [1.29, 1.82) is 0 Å². The lowest BCUT2D eigenvalue weighted by atomic mass is 10.5. The zero-order valence-corrected chi connectivity index (χ0v) is 9.59. The Morgan fingerprint density at radius 1 is 1.62 bits per heavy atom. The Labute approximate surface area is 94.0 Å². The zero-order valence-electron chi connectivity index (χ0n) is 9.59. The van der Waals surface area contributed by atoms with Crippen molar-refractivity contribution in [3.63, 3.8) is 0 Å². The fraction of sp³-hybridized carbons (Fsp3) is 0.667. The van der Waals surface area contributed by atoms with Gasteiger partial charge in [-0.25, -0.2) is 9.55 Å². The lowest BCUT2D eigenvalue weighted by Gasteiger charge is -2.14. The van der Waals surface area contributed by atoms with E-state index in [1.807, 2.05) is 11.9 Å². The normalized spacial score (nSPS) is 11.0. The number of hydrogen-bond acceptors (Lipinski definition) is 5. The Morgan fingerprint density at radius 3 is 2.88 bits per heavy atom. The monoisotopic (exact) mass is 227 g/mol. The smallest absolute Gasteiger partial charge is 0.342 e. The summed E-state index contributed by atoms with van der Waals surface area (Å²) in [6.45, 7) is 4.40. The molecule has 0 unspecified atom stereocenters. The molecule has 90 valence electrons. The number of likely N-dealkylation sites (N-methyl/N-ethyl adjacent to an activating group) is 1. The van der Waals surface area contributed by atoms with E-state index in [4.69, 9.17) is 5.73 Å². The van der Waals surface area contributed by atoms with E-state index in [0.29, 0.717) is 18.9 Å². The highest BCUT2D eigenvalue weighted by molar-refractivity contribution is 5.18. The second-order valence-corrected chi connectivity index (χ2v) is 3.66. The first kappa shape index (κ1) is 12.6. The van der Waals surface area contributed by atoms with E-state index in [-0.39, 0.29) is 5.82 Å². The minimum Gasteiger partial charge on any atom is -0.358 e. The lowest BCUT2D eigenvalue weighted by Crippen LogP contribution is -2.29. The van der Waals surface area contributed by atoms with Crippen LogP contribution < -0.4 is 5.73 Å².